The molecule has 6 nitrogen and oxygen atoms in total. The highest BCUT2D eigenvalue weighted by molar-refractivity contribution is 6.33. The Morgan fingerprint density at radius 3 is 2.50 bits per heavy atom. The van der Waals surface area contributed by atoms with Crippen LogP contribution in [0.5, 0.6) is 0 Å². The van der Waals surface area contributed by atoms with Gasteiger partial charge in [-0.05, 0) is 57.0 Å². The van der Waals surface area contributed by atoms with Crippen LogP contribution in [0.4, 0.5) is 22.0 Å². The summed E-state index contributed by atoms with van der Waals surface area (Å²) in [5, 5.41) is 0.744. The number of piperazine rings is 1. The average molecular weight is 501 g/mol. The zero-order chi connectivity index (χ0) is 23.8. The summed E-state index contributed by atoms with van der Waals surface area (Å²) in [5.41, 5.74) is 1.51. The maximum atomic E-state index is 13.8. The fourth-order valence-corrected chi connectivity index (χ4v) is 5.25. The Balaban J connectivity index is 1.49. The molecule has 2 aliphatic heterocycles. The topological polar surface area (TPSA) is 48.4 Å². The molecule has 3 aromatic rings. The number of aromatic nitrogens is 3. The van der Waals surface area contributed by atoms with Gasteiger partial charge in [0.05, 0.1) is 15.7 Å². The van der Waals surface area contributed by atoms with Crippen molar-refractivity contribution >= 4 is 40.8 Å². The molecule has 34 heavy (non-hydrogen) atoms. The zero-order valence-corrected chi connectivity index (χ0v) is 20.8. The number of nitrogens with zero attached hydrogens (tertiary/aromatic N) is 6. The van der Waals surface area contributed by atoms with Gasteiger partial charge in [0.25, 0.3) is 0 Å². The number of pyridine rings is 1. The quantitative estimate of drug-likeness (QED) is 0.458. The van der Waals surface area contributed by atoms with Crippen molar-refractivity contribution in [2.45, 2.75) is 38.8 Å². The lowest BCUT2D eigenvalue weighted by Gasteiger charge is -2.41. The van der Waals surface area contributed by atoms with E-state index in [1.54, 1.807) is 18.3 Å². The van der Waals surface area contributed by atoms with E-state index in [1.165, 1.54) is 6.07 Å². The number of halogens is 3. The summed E-state index contributed by atoms with van der Waals surface area (Å²) in [6, 6.07) is 11.0. The van der Waals surface area contributed by atoms with Crippen LogP contribution in [0.15, 0.2) is 42.6 Å². The molecule has 2 saturated heterocycles. The molecule has 4 heterocycles. The highest BCUT2D eigenvalue weighted by Gasteiger charge is 2.29. The molecule has 0 bridgehead atoms. The normalized spacial score (nSPS) is 20.8. The van der Waals surface area contributed by atoms with E-state index in [2.05, 4.69) is 33.5 Å². The van der Waals surface area contributed by atoms with Crippen molar-refractivity contribution in [3.63, 3.8) is 0 Å². The first-order valence-electron chi connectivity index (χ1n) is 11.6. The van der Waals surface area contributed by atoms with Gasteiger partial charge in [-0.15, -0.1) is 0 Å². The minimum Gasteiger partial charge on any atom is -0.352 e. The van der Waals surface area contributed by atoms with E-state index in [9.17, 15) is 4.39 Å². The van der Waals surface area contributed by atoms with Crippen molar-refractivity contribution in [2.75, 3.05) is 40.9 Å². The predicted molar refractivity (Wildman–Crippen MR) is 137 cm³/mol. The molecule has 0 N–H and O–H groups in total. The second-order valence-corrected chi connectivity index (χ2v) is 9.84. The van der Waals surface area contributed by atoms with Gasteiger partial charge in [-0.25, -0.2) is 14.4 Å². The number of benzene rings is 1. The van der Waals surface area contributed by atoms with Gasteiger partial charge in [0.15, 0.2) is 0 Å². The summed E-state index contributed by atoms with van der Waals surface area (Å²) in [7, 11) is 0. The van der Waals surface area contributed by atoms with Crippen molar-refractivity contribution < 1.29 is 4.39 Å². The van der Waals surface area contributed by atoms with Crippen molar-refractivity contribution in [1.29, 1.82) is 0 Å². The van der Waals surface area contributed by atoms with Gasteiger partial charge in [0, 0.05) is 56.1 Å². The van der Waals surface area contributed by atoms with Gasteiger partial charge >= 0.3 is 0 Å². The summed E-state index contributed by atoms with van der Waals surface area (Å²) < 4.78 is 13.8. The Hall–Kier alpha value is -2.64. The molecule has 0 spiro atoms. The van der Waals surface area contributed by atoms with E-state index in [-0.39, 0.29) is 11.1 Å². The highest BCUT2D eigenvalue weighted by Crippen LogP contribution is 2.32. The number of hydrogen-bond donors (Lipinski definition) is 0. The largest absolute Gasteiger partial charge is 0.352 e. The van der Waals surface area contributed by atoms with E-state index in [4.69, 9.17) is 33.2 Å². The van der Waals surface area contributed by atoms with Crippen molar-refractivity contribution in [3.05, 3.63) is 58.5 Å². The third-order valence-corrected chi connectivity index (χ3v) is 7.27. The predicted octanol–water partition coefficient (Wildman–Crippen LogP) is 5.69. The van der Waals surface area contributed by atoms with E-state index in [0.29, 0.717) is 17.0 Å². The maximum absolute atomic E-state index is 13.8. The molecule has 178 valence electrons. The number of hydrogen-bond acceptors (Lipinski definition) is 6. The monoisotopic (exact) mass is 500 g/mol. The molecule has 1 aromatic carbocycles. The molecule has 0 amide bonds. The molecule has 0 unspecified atom stereocenters. The van der Waals surface area contributed by atoms with Crippen molar-refractivity contribution in [2.24, 2.45) is 0 Å². The molecule has 0 radical (unpaired) electrons. The van der Waals surface area contributed by atoms with Gasteiger partial charge in [0.2, 0.25) is 5.95 Å². The molecule has 2 aromatic heterocycles. The second kappa shape index (κ2) is 9.55. The molecule has 2 aliphatic rings. The first kappa shape index (κ1) is 23.1. The first-order valence-corrected chi connectivity index (χ1v) is 12.4. The fourth-order valence-electron chi connectivity index (χ4n) is 4.83. The van der Waals surface area contributed by atoms with Crippen LogP contribution < -0.4 is 14.7 Å². The molecular formula is C25H27Cl2FN6. The van der Waals surface area contributed by atoms with Crippen LogP contribution in [0.25, 0.3) is 11.3 Å². The molecule has 0 aliphatic carbocycles. The molecule has 0 saturated carbocycles. The first-order chi connectivity index (χ1) is 16.4. The van der Waals surface area contributed by atoms with Gasteiger partial charge in [-0.3, -0.25) is 0 Å². The Morgan fingerprint density at radius 2 is 1.79 bits per heavy atom. The Bertz CT molecular complexity index is 1190. The summed E-state index contributed by atoms with van der Waals surface area (Å²) in [5.74, 6) is 1.94. The van der Waals surface area contributed by atoms with E-state index < -0.39 is 5.82 Å². The summed E-state index contributed by atoms with van der Waals surface area (Å²) in [6.45, 7) is 7.62. The van der Waals surface area contributed by atoms with Crippen LogP contribution in [0.2, 0.25) is 10.0 Å². The molecule has 5 rings (SSSR count). The van der Waals surface area contributed by atoms with Crippen LogP contribution in [-0.2, 0) is 0 Å². The van der Waals surface area contributed by atoms with E-state index in [0.717, 1.165) is 61.9 Å². The molecule has 2 atom stereocenters. The van der Waals surface area contributed by atoms with Crippen molar-refractivity contribution in [1.82, 2.24) is 15.0 Å². The van der Waals surface area contributed by atoms with Crippen LogP contribution >= 0.6 is 23.2 Å². The maximum Gasteiger partial charge on any atom is 0.228 e. The fraction of sp³-hybridized carbons (Fsp3) is 0.400. The van der Waals surface area contributed by atoms with Gasteiger partial charge in [-0.1, -0.05) is 23.2 Å². The third kappa shape index (κ3) is 4.51. The lowest BCUT2D eigenvalue weighted by Crippen LogP contribution is -2.52. The van der Waals surface area contributed by atoms with Crippen LogP contribution in [0.3, 0.4) is 0 Å². The van der Waals surface area contributed by atoms with Gasteiger partial charge in [-0.2, -0.15) is 4.98 Å². The second-order valence-electron chi connectivity index (χ2n) is 9.02. The molecular weight excluding hydrogens is 474 g/mol. The van der Waals surface area contributed by atoms with Gasteiger partial charge < -0.3 is 14.7 Å². The Kier molecular flexibility index (Phi) is 6.49. The third-order valence-electron chi connectivity index (χ3n) is 6.69. The van der Waals surface area contributed by atoms with Crippen LogP contribution in [-0.4, -0.2) is 53.2 Å². The number of anilines is 3. The standard InChI is InChI=1S/C25H27Cl2FN6/c1-16-5-4-10-34(16)25-30-22(18-7-8-21(28)20(27)13-18)14-23(31-25)33-12-11-32(15-17(33)2)24-19(26)6-3-9-29-24/h3,6-9,13-14,16-17H,4-5,10-12,15H2,1-2H3/t16-,17+/m0/s1. The molecule has 9 heteroatoms. The smallest absolute Gasteiger partial charge is 0.228 e. The highest BCUT2D eigenvalue weighted by atomic mass is 35.5. The lowest BCUT2D eigenvalue weighted by molar-refractivity contribution is 0.542. The minimum atomic E-state index is -0.439. The zero-order valence-electron chi connectivity index (χ0n) is 19.3. The average Bonchev–Trinajstić information content (AvgIpc) is 3.26. The SMILES string of the molecule is C[C@@H]1CN(c2ncccc2Cl)CCN1c1cc(-c2ccc(F)c(Cl)c2)nc(N2CCC[C@@H]2C)n1. The summed E-state index contributed by atoms with van der Waals surface area (Å²) >= 11 is 12.5. The van der Waals surface area contributed by atoms with Crippen LogP contribution in [0.1, 0.15) is 26.7 Å². The molecule has 2 fully saturated rings. The van der Waals surface area contributed by atoms with Crippen LogP contribution in [0, 0.1) is 5.82 Å². The Labute approximate surface area is 209 Å². The van der Waals surface area contributed by atoms with E-state index >= 15 is 0 Å². The van der Waals surface area contributed by atoms with Gasteiger partial charge in [0.1, 0.15) is 17.5 Å². The summed E-state index contributed by atoms with van der Waals surface area (Å²) in [4.78, 5) is 21.1. The van der Waals surface area contributed by atoms with Crippen molar-refractivity contribution in [3.8, 4) is 11.3 Å². The summed E-state index contributed by atoms with van der Waals surface area (Å²) in [6.07, 6.45) is 4.00. The lowest BCUT2D eigenvalue weighted by atomic mass is 10.1. The van der Waals surface area contributed by atoms with E-state index in [1.807, 2.05) is 18.2 Å². The minimum absolute atomic E-state index is 0.0861. The Morgan fingerprint density at radius 1 is 0.941 bits per heavy atom. The number of rotatable bonds is 4.